The minimum absolute atomic E-state index is 0.334. The molecular formula is C11H16ClN3O6S2. The van der Waals surface area contributed by atoms with Crippen LogP contribution in [-0.2, 0) is 24.8 Å². The molecule has 0 heterocycles. The number of benzene rings is 1. The molecule has 1 aromatic rings. The SMILES string of the molecule is CC(C)(C)OC(=O)Nc1cc(Cl)c(S(N)(=O)=O)cc1S(N)(=O)=O. The van der Waals surface area contributed by atoms with Crippen LogP contribution < -0.4 is 15.6 Å². The maximum absolute atomic E-state index is 11.7. The summed E-state index contributed by atoms with van der Waals surface area (Å²) < 4.78 is 51.0. The van der Waals surface area contributed by atoms with E-state index in [-0.39, 0.29) is 10.7 Å². The number of carbonyl (C=O) groups is 1. The lowest BCUT2D eigenvalue weighted by Gasteiger charge is -2.20. The number of anilines is 1. The molecule has 0 aliphatic carbocycles. The first-order valence-corrected chi connectivity index (χ1v) is 9.47. The summed E-state index contributed by atoms with van der Waals surface area (Å²) in [5, 5.41) is 11.7. The van der Waals surface area contributed by atoms with Crippen molar-refractivity contribution in [3.8, 4) is 0 Å². The summed E-state index contributed by atoms with van der Waals surface area (Å²) in [6, 6.07) is 1.57. The number of amides is 1. The fourth-order valence-corrected chi connectivity index (χ4v) is 3.37. The monoisotopic (exact) mass is 385 g/mol. The van der Waals surface area contributed by atoms with Gasteiger partial charge in [0.15, 0.2) is 0 Å². The molecule has 12 heteroatoms. The first kappa shape index (κ1) is 19.6. The fourth-order valence-electron chi connectivity index (χ4n) is 1.50. The van der Waals surface area contributed by atoms with Crippen LogP contribution >= 0.6 is 11.6 Å². The van der Waals surface area contributed by atoms with Crippen molar-refractivity contribution in [2.75, 3.05) is 5.32 Å². The summed E-state index contributed by atoms with van der Waals surface area (Å²) in [5.41, 5.74) is -1.17. The molecular weight excluding hydrogens is 370 g/mol. The lowest BCUT2D eigenvalue weighted by Crippen LogP contribution is -2.28. The van der Waals surface area contributed by atoms with Gasteiger partial charge in [-0.15, -0.1) is 0 Å². The molecule has 0 aliphatic heterocycles. The zero-order valence-corrected chi connectivity index (χ0v) is 14.8. The molecule has 0 unspecified atom stereocenters. The molecule has 1 rings (SSSR count). The van der Waals surface area contributed by atoms with E-state index in [1.165, 1.54) is 0 Å². The van der Waals surface area contributed by atoms with Crippen molar-refractivity contribution in [1.29, 1.82) is 0 Å². The highest BCUT2D eigenvalue weighted by Crippen LogP contribution is 2.30. The van der Waals surface area contributed by atoms with Crippen LogP contribution in [0.5, 0.6) is 0 Å². The summed E-state index contributed by atoms with van der Waals surface area (Å²) in [6.45, 7) is 4.80. The van der Waals surface area contributed by atoms with E-state index in [9.17, 15) is 21.6 Å². The van der Waals surface area contributed by atoms with E-state index in [0.29, 0.717) is 6.07 Å². The molecule has 0 atom stereocenters. The van der Waals surface area contributed by atoms with Gasteiger partial charge in [0.2, 0.25) is 20.0 Å². The Kier molecular flexibility index (Phi) is 5.33. The van der Waals surface area contributed by atoms with Crippen molar-refractivity contribution >= 4 is 43.4 Å². The third kappa shape index (κ3) is 5.62. The van der Waals surface area contributed by atoms with Crippen molar-refractivity contribution in [3.05, 3.63) is 17.2 Å². The number of nitrogens with two attached hydrogens (primary N) is 2. The molecule has 0 fully saturated rings. The molecule has 0 aromatic heterocycles. The number of nitrogens with one attached hydrogen (secondary N) is 1. The smallest absolute Gasteiger partial charge is 0.412 e. The maximum Gasteiger partial charge on any atom is 0.412 e. The predicted molar refractivity (Wildman–Crippen MR) is 84.1 cm³/mol. The van der Waals surface area contributed by atoms with Crippen LogP contribution in [0.3, 0.4) is 0 Å². The zero-order valence-electron chi connectivity index (χ0n) is 12.5. The van der Waals surface area contributed by atoms with Crippen LogP contribution in [-0.4, -0.2) is 28.5 Å². The first-order chi connectivity index (χ1) is 10.1. The Morgan fingerprint density at radius 1 is 1.09 bits per heavy atom. The van der Waals surface area contributed by atoms with Gasteiger partial charge in [-0.25, -0.2) is 31.9 Å². The number of hydrogen-bond donors (Lipinski definition) is 3. The molecule has 0 saturated heterocycles. The molecule has 1 aromatic carbocycles. The molecule has 0 radical (unpaired) electrons. The zero-order chi connectivity index (χ0) is 18.2. The number of ether oxygens (including phenoxy) is 1. The number of hydrogen-bond acceptors (Lipinski definition) is 6. The van der Waals surface area contributed by atoms with Gasteiger partial charge in [-0.05, 0) is 32.9 Å². The van der Waals surface area contributed by atoms with E-state index in [4.69, 9.17) is 26.6 Å². The summed E-state index contributed by atoms with van der Waals surface area (Å²) >= 11 is 5.77. The molecule has 5 N–H and O–H groups in total. The normalized spacial score (nSPS) is 12.8. The van der Waals surface area contributed by atoms with E-state index in [2.05, 4.69) is 5.32 Å². The fraction of sp³-hybridized carbons (Fsp3) is 0.364. The lowest BCUT2D eigenvalue weighted by atomic mass is 10.2. The lowest BCUT2D eigenvalue weighted by molar-refractivity contribution is 0.0635. The second-order valence-electron chi connectivity index (χ2n) is 5.50. The van der Waals surface area contributed by atoms with Crippen LogP contribution in [0.4, 0.5) is 10.5 Å². The standard InChI is InChI=1S/C11H16ClN3O6S2/c1-11(2,3)21-10(16)15-7-4-6(12)8(22(13,17)18)5-9(7)23(14,19)20/h4-5H,1-3H3,(H,15,16)(H2,13,17,18)(H2,14,19,20). The van der Waals surface area contributed by atoms with Gasteiger partial charge in [-0.1, -0.05) is 11.6 Å². The molecule has 0 bridgehead atoms. The second-order valence-corrected chi connectivity index (χ2v) is 8.96. The van der Waals surface area contributed by atoms with Crippen molar-refractivity contribution < 1.29 is 26.4 Å². The Labute approximate surface area is 139 Å². The Morgan fingerprint density at radius 3 is 1.96 bits per heavy atom. The van der Waals surface area contributed by atoms with Crippen LogP contribution in [0, 0.1) is 0 Å². The predicted octanol–water partition coefficient (Wildman–Crippen LogP) is 0.982. The second kappa shape index (κ2) is 6.24. The van der Waals surface area contributed by atoms with E-state index in [1.54, 1.807) is 20.8 Å². The topological polar surface area (TPSA) is 159 Å². The first-order valence-electron chi connectivity index (χ1n) is 6.00. The Balaban J connectivity index is 3.44. The number of halogens is 1. The van der Waals surface area contributed by atoms with Crippen molar-refractivity contribution in [2.24, 2.45) is 10.3 Å². The van der Waals surface area contributed by atoms with Gasteiger partial charge in [-0.2, -0.15) is 0 Å². The van der Waals surface area contributed by atoms with Crippen molar-refractivity contribution in [2.45, 2.75) is 36.2 Å². The summed E-state index contributed by atoms with van der Waals surface area (Å²) in [4.78, 5) is 10.4. The maximum atomic E-state index is 11.7. The summed E-state index contributed by atoms with van der Waals surface area (Å²) in [5.74, 6) is 0. The van der Waals surface area contributed by atoms with E-state index >= 15 is 0 Å². The highest BCUT2D eigenvalue weighted by atomic mass is 35.5. The minimum Gasteiger partial charge on any atom is -0.444 e. The molecule has 23 heavy (non-hydrogen) atoms. The average Bonchev–Trinajstić information content (AvgIpc) is 2.21. The largest absolute Gasteiger partial charge is 0.444 e. The van der Waals surface area contributed by atoms with Crippen LogP contribution in [0.1, 0.15) is 20.8 Å². The number of rotatable bonds is 3. The number of carbonyl (C=O) groups excluding carboxylic acids is 1. The molecule has 0 aliphatic rings. The van der Waals surface area contributed by atoms with Gasteiger partial charge in [0, 0.05) is 0 Å². The quantitative estimate of drug-likeness (QED) is 0.703. The van der Waals surface area contributed by atoms with Gasteiger partial charge in [-0.3, -0.25) is 5.32 Å². The van der Waals surface area contributed by atoms with Crippen LogP contribution in [0.25, 0.3) is 0 Å². The van der Waals surface area contributed by atoms with Gasteiger partial charge < -0.3 is 4.74 Å². The Morgan fingerprint density at radius 2 is 1.57 bits per heavy atom. The van der Waals surface area contributed by atoms with E-state index in [0.717, 1.165) is 6.07 Å². The minimum atomic E-state index is -4.37. The summed E-state index contributed by atoms with van der Waals surface area (Å²) in [7, 11) is -8.66. The van der Waals surface area contributed by atoms with Gasteiger partial charge in [0.05, 0.1) is 10.7 Å². The van der Waals surface area contributed by atoms with Crippen molar-refractivity contribution in [3.63, 3.8) is 0 Å². The average molecular weight is 386 g/mol. The number of primary sulfonamides is 2. The van der Waals surface area contributed by atoms with E-state index in [1.807, 2.05) is 0 Å². The Bertz CT molecular complexity index is 843. The van der Waals surface area contributed by atoms with Crippen molar-refractivity contribution in [1.82, 2.24) is 0 Å². The summed E-state index contributed by atoms with van der Waals surface area (Å²) in [6.07, 6.45) is -0.971. The third-order valence-corrected chi connectivity index (χ3v) is 4.61. The van der Waals surface area contributed by atoms with Crippen LogP contribution in [0.2, 0.25) is 5.02 Å². The highest BCUT2D eigenvalue weighted by Gasteiger charge is 2.24. The highest BCUT2D eigenvalue weighted by molar-refractivity contribution is 7.90. The molecule has 0 saturated carbocycles. The Hall–Kier alpha value is -1.40. The van der Waals surface area contributed by atoms with Gasteiger partial charge in [0.25, 0.3) is 0 Å². The van der Waals surface area contributed by atoms with E-state index < -0.39 is 41.5 Å². The molecule has 9 nitrogen and oxygen atoms in total. The third-order valence-electron chi connectivity index (χ3n) is 2.28. The molecule has 0 spiro atoms. The number of sulfonamides is 2. The molecule has 130 valence electrons. The van der Waals surface area contributed by atoms with Gasteiger partial charge >= 0.3 is 6.09 Å². The van der Waals surface area contributed by atoms with Gasteiger partial charge in [0.1, 0.15) is 15.4 Å². The molecule has 1 amide bonds. The van der Waals surface area contributed by atoms with Crippen LogP contribution in [0.15, 0.2) is 21.9 Å².